The van der Waals surface area contributed by atoms with Gasteiger partial charge in [0, 0.05) is 23.9 Å². The van der Waals surface area contributed by atoms with Crippen LogP contribution in [0.25, 0.3) is 22.5 Å². The quantitative estimate of drug-likeness (QED) is 0.232. The van der Waals surface area contributed by atoms with Gasteiger partial charge < -0.3 is 24.8 Å². The maximum Gasteiger partial charge on any atom is 0.331 e. The minimum atomic E-state index is -1.25. The molecule has 1 aliphatic rings. The van der Waals surface area contributed by atoms with Crippen molar-refractivity contribution in [1.82, 2.24) is 20.2 Å². The summed E-state index contributed by atoms with van der Waals surface area (Å²) in [5.74, 6) is -0.602. The average molecular weight is 616 g/mol. The summed E-state index contributed by atoms with van der Waals surface area (Å²) >= 11 is 13.1. The third kappa shape index (κ3) is 7.39. The van der Waals surface area contributed by atoms with Crippen LogP contribution in [0.1, 0.15) is 48.2 Å². The zero-order valence-corrected chi connectivity index (χ0v) is 25.8. The summed E-state index contributed by atoms with van der Waals surface area (Å²) in [4.78, 5) is 37.7. The van der Waals surface area contributed by atoms with Gasteiger partial charge in [-0.1, -0.05) is 29.3 Å². The summed E-state index contributed by atoms with van der Waals surface area (Å²) in [6, 6.07) is 10.4. The van der Waals surface area contributed by atoms with E-state index in [2.05, 4.69) is 15.2 Å². The maximum atomic E-state index is 13.6. The summed E-state index contributed by atoms with van der Waals surface area (Å²) in [7, 11) is 5.28. The molecule has 4 rings (SSSR count). The molecule has 1 aromatic carbocycles. The molecule has 1 fully saturated rings. The van der Waals surface area contributed by atoms with E-state index in [0.29, 0.717) is 57.8 Å². The summed E-state index contributed by atoms with van der Waals surface area (Å²) in [6.45, 7) is 3.24. The molecule has 0 atom stereocenters. The summed E-state index contributed by atoms with van der Waals surface area (Å²) in [6.07, 6.45) is 3.25. The first-order valence-corrected chi connectivity index (χ1v) is 14.6. The number of carbonyl (C=O) groups is 2. The van der Waals surface area contributed by atoms with Crippen LogP contribution in [-0.2, 0) is 9.53 Å². The largest absolute Gasteiger partial charge is 0.492 e. The van der Waals surface area contributed by atoms with Crippen molar-refractivity contribution in [2.45, 2.75) is 50.7 Å². The molecule has 1 amide bonds. The van der Waals surface area contributed by atoms with Crippen LogP contribution in [0.4, 0.5) is 0 Å². The number of amides is 1. The standard InChI is InChI=1S/C31H36Cl2N4O5/c1-19-16-24(33)28(34-18-19)22-7-9-25(29(39)36-31(30(40)41-4)12-10-21(38)11-13-31)35-27(22)20-6-8-23(32)26(17-20)42-15-5-14-37(2)3/h6-9,16-18,21,38H,5,10-15H2,1-4H3,(H,36,39)/t21-,31+. The lowest BCUT2D eigenvalue weighted by Gasteiger charge is -2.36. The number of hydrogen-bond acceptors (Lipinski definition) is 8. The number of aliphatic hydroxyl groups excluding tert-OH is 1. The third-order valence-corrected chi connectivity index (χ3v) is 7.91. The number of aromatic nitrogens is 2. The minimum absolute atomic E-state index is 0.0924. The van der Waals surface area contributed by atoms with Gasteiger partial charge in [-0.05, 0) is 89.0 Å². The van der Waals surface area contributed by atoms with E-state index >= 15 is 0 Å². The number of nitrogens with one attached hydrogen (secondary N) is 1. The molecule has 0 unspecified atom stereocenters. The van der Waals surface area contributed by atoms with Gasteiger partial charge in [0.25, 0.3) is 5.91 Å². The summed E-state index contributed by atoms with van der Waals surface area (Å²) in [5, 5.41) is 13.8. The van der Waals surface area contributed by atoms with Gasteiger partial charge in [-0.2, -0.15) is 0 Å². The highest BCUT2D eigenvalue weighted by molar-refractivity contribution is 6.33. The van der Waals surface area contributed by atoms with E-state index in [1.54, 1.807) is 36.5 Å². The second-order valence-electron chi connectivity index (χ2n) is 10.8. The van der Waals surface area contributed by atoms with Gasteiger partial charge in [0.2, 0.25) is 0 Å². The summed E-state index contributed by atoms with van der Waals surface area (Å²) < 4.78 is 11.0. The number of esters is 1. The number of aliphatic hydroxyl groups is 1. The van der Waals surface area contributed by atoms with Gasteiger partial charge in [0.1, 0.15) is 17.0 Å². The minimum Gasteiger partial charge on any atom is -0.492 e. The van der Waals surface area contributed by atoms with Crippen LogP contribution >= 0.6 is 23.2 Å². The molecule has 42 heavy (non-hydrogen) atoms. The highest BCUT2D eigenvalue weighted by atomic mass is 35.5. The van der Waals surface area contributed by atoms with Crippen LogP contribution in [0, 0.1) is 6.92 Å². The van der Waals surface area contributed by atoms with Gasteiger partial charge >= 0.3 is 5.97 Å². The Balaban J connectivity index is 1.74. The van der Waals surface area contributed by atoms with E-state index in [-0.39, 0.29) is 18.5 Å². The Morgan fingerprint density at radius 2 is 1.83 bits per heavy atom. The van der Waals surface area contributed by atoms with Crippen LogP contribution in [-0.4, -0.2) is 77.9 Å². The van der Waals surface area contributed by atoms with Crippen LogP contribution < -0.4 is 10.1 Å². The molecule has 1 saturated carbocycles. The smallest absolute Gasteiger partial charge is 0.331 e. The van der Waals surface area contributed by atoms with Crippen molar-refractivity contribution in [1.29, 1.82) is 0 Å². The number of pyridine rings is 2. The monoisotopic (exact) mass is 614 g/mol. The highest BCUT2D eigenvalue weighted by Crippen LogP contribution is 2.37. The number of aryl methyl sites for hydroxylation is 1. The predicted octanol–water partition coefficient (Wildman–Crippen LogP) is 5.33. The number of halogens is 2. The first-order valence-electron chi connectivity index (χ1n) is 13.8. The first kappa shape index (κ1) is 31.7. The number of carbonyl (C=O) groups excluding carboxylic acids is 2. The number of methoxy groups -OCH3 is 1. The van der Waals surface area contributed by atoms with E-state index in [9.17, 15) is 14.7 Å². The Morgan fingerprint density at radius 3 is 2.50 bits per heavy atom. The SMILES string of the molecule is COC(=O)[C@]1(NC(=O)c2ccc(-c3ncc(C)cc3Cl)c(-c3ccc(Cl)c(OCCCN(C)C)c3)n2)CC[C@@H](O)CC1. The number of benzene rings is 1. The number of hydrogen-bond donors (Lipinski definition) is 2. The molecule has 11 heteroatoms. The zero-order chi connectivity index (χ0) is 30.4. The molecule has 0 saturated heterocycles. The van der Waals surface area contributed by atoms with Crippen molar-refractivity contribution in [2.24, 2.45) is 0 Å². The fraction of sp³-hybridized carbons (Fsp3) is 0.419. The Morgan fingerprint density at radius 1 is 1.10 bits per heavy atom. The second kappa shape index (κ2) is 13.8. The van der Waals surface area contributed by atoms with Crippen LogP contribution in [0.15, 0.2) is 42.6 Å². The predicted molar refractivity (Wildman–Crippen MR) is 163 cm³/mol. The fourth-order valence-electron chi connectivity index (χ4n) is 5.00. The Kier molecular flexibility index (Phi) is 10.4. The van der Waals surface area contributed by atoms with Crippen molar-refractivity contribution >= 4 is 35.1 Å². The Labute approximate surface area is 256 Å². The fourth-order valence-corrected chi connectivity index (χ4v) is 5.50. The van der Waals surface area contributed by atoms with E-state index in [4.69, 9.17) is 37.7 Å². The van der Waals surface area contributed by atoms with Crippen LogP contribution in [0.5, 0.6) is 5.75 Å². The molecule has 9 nitrogen and oxygen atoms in total. The molecular weight excluding hydrogens is 579 g/mol. The van der Waals surface area contributed by atoms with Crippen molar-refractivity contribution < 1.29 is 24.2 Å². The van der Waals surface area contributed by atoms with Crippen LogP contribution in [0.3, 0.4) is 0 Å². The van der Waals surface area contributed by atoms with Gasteiger partial charge in [0.15, 0.2) is 0 Å². The normalized spacial score (nSPS) is 18.5. The third-order valence-electron chi connectivity index (χ3n) is 7.31. The lowest BCUT2D eigenvalue weighted by molar-refractivity contribution is -0.150. The Bertz CT molecular complexity index is 1440. The molecule has 0 radical (unpaired) electrons. The van der Waals surface area contributed by atoms with Gasteiger partial charge in [0.05, 0.1) is 41.3 Å². The number of rotatable bonds is 10. The van der Waals surface area contributed by atoms with E-state index < -0.39 is 23.5 Å². The second-order valence-corrected chi connectivity index (χ2v) is 11.7. The summed E-state index contributed by atoms with van der Waals surface area (Å²) in [5.41, 5.74) is 1.96. The molecule has 2 aromatic heterocycles. The van der Waals surface area contributed by atoms with Gasteiger partial charge in [-0.25, -0.2) is 9.78 Å². The molecular formula is C31H36Cl2N4O5. The van der Waals surface area contributed by atoms with Crippen molar-refractivity contribution in [3.63, 3.8) is 0 Å². The van der Waals surface area contributed by atoms with Crippen molar-refractivity contribution in [3.05, 3.63) is 63.9 Å². The van der Waals surface area contributed by atoms with Crippen LogP contribution in [0.2, 0.25) is 10.0 Å². The lowest BCUT2D eigenvalue weighted by atomic mass is 9.80. The topological polar surface area (TPSA) is 114 Å². The maximum absolute atomic E-state index is 13.6. The zero-order valence-electron chi connectivity index (χ0n) is 24.2. The molecule has 2 N–H and O–H groups in total. The highest BCUT2D eigenvalue weighted by Gasteiger charge is 2.44. The van der Waals surface area contributed by atoms with Crippen molar-refractivity contribution in [2.75, 3.05) is 34.4 Å². The van der Waals surface area contributed by atoms with Crippen molar-refractivity contribution in [3.8, 4) is 28.3 Å². The number of ether oxygens (including phenoxy) is 2. The first-order chi connectivity index (χ1) is 20.0. The molecule has 1 aliphatic carbocycles. The Hall–Kier alpha value is -3.24. The molecule has 224 valence electrons. The number of nitrogens with zero attached hydrogens (tertiary/aromatic N) is 3. The average Bonchev–Trinajstić information content (AvgIpc) is 2.96. The van der Waals surface area contributed by atoms with E-state index in [1.165, 1.54) is 7.11 Å². The lowest BCUT2D eigenvalue weighted by Crippen LogP contribution is -2.57. The van der Waals surface area contributed by atoms with E-state index in [0.717, 1.165) is 18.5 Å². The molecule has 0 bridgehead atoms. The molecule has 2 heterocycles. The van der Waals surface area contributed by atoms with Gasteiger partial charge in [-0.3, -0.25) is 9.78 Å². The molecule has 0 aliphatic heterocycles. The molecule has 0 spiro atoms. The molecule has 3 aromatic rings. The van der Waals surface area contributed by atoms with Gasteiger partial charge in [-0.15, -0.1) is 0 Å². The van der Waals surface area contributed by atoms with E-state index in [1.807, 2.05) is 27.1 Å².